The molecule has 0 aromatic heterocycles. The van der Waals surface area contributed by atoms with Crippen molar-refractivity contribution in [2.24, 2.45) is 10.4 Å². The zero-order valence-electron chi connectivity index (χ0n) is 16.2. The Morgan fingerprint density at radius 1 is 0.889 bits per heavy atom. The number of benzene rings is 3. The maximum Gasteiger partial charge on any atom is 0.195 e. The molecule has 3 nitrogen and oxygen atoms in total. The van der Waals surface area contributed by atoms with Crippen molar-refractivity contribution in [2.75, 3.05) is 7.05 Å². The third-order valence-electron chi connectivity index (χ3n) is 4.74. The van der Waals surface area contributed by atoms with Gasteiger partial charge < -0.3 is 4.74 Å². The minimum absolute atomic E-state index is 0.243. The van der Waals surface area contributed by atoms with E-state index in [2.05, 4.69) is 47.5 Å². The number of ether oxygens (including phenoxy) is 1. The molecular weight excluding hydrogens is 332 g/mol. The van der Waals surface area contributed by atoms with Crippen molar-refractivity contribution in [1.82, 2.24) is 0 Å². The number of hydrogen-bond donors (Lipinski definition) is 1. The summed E-state index contributed by atoms with van der Waals surface area (Å²) in [4.78, 5) is 4.28. The van der Waals surface area contributed by atoms with E-state index in [-0.39, 0.29) is 5.90 Å². The van der Waals surface area contributed by atoms with Crippen LogP contribution in [0.2, 0.25) is 0 Å². The van der Waals surface area contributed by atoms with E-state index in [0.717, 1.165) is 12.0 Å². The van der Waals surface area contributed by atoms with Crippen molar-refractivity contribution < 1.29 is 4.74 Å². The van der Waals surface area contributed by atoms with Crippen molar-refractivity contribution in [3.8, 4) is 0 Å². The van der Waals surface area contributed by atoms with Crippen LogP contribution in [0.1, 0.15) is 25.0 Å². The fourth-order valence-electron chi connectivity index (χ4n) is 3.13. The summed E-state index contributed by atoms with van der Waals surface area (Å²) in [5, 5.41) is 10.9. The first-order valence-electron chi connectivity index (χ1n) is 9.22. The van der Waals surface area contributed by atoms with Gasteiger partial charge in [-0.25, -0.2) is 0 Å². The molecule has 0 fully saturated rings. The fourth-order valence-corrected chi connectivity index (χ4v) is 3.13. The highest BCUT2D eigenvalue weighted by Gasteiger charge is 2.27. The fraction of sp³-hybridized carbons (Fsp3) is 0.250. The van der Waals surface area contributed by atoms with E-state index in [1.54, 1.807) is 7.05 Å². The zero-order chi connectivity index (χ0) is 19.3. The lowest BCUT2D eigenvalue weighted by Crippen LogP contribution is -2.31. The lowest BCUT2D eigenvalue weighted by molar-refractivity contribution is 0.388. The minimum Gasteiger partial charge on any atom is -0.429 e. The molecule has 138 valence electrons. The third-order valence-corrected chi connectivity index (χ3v) is 4.74. The molecule has 3 rings (SSSR count). The number of nitrogens with one attached hydrogen (secondary N) is 1. The smallest absolute Gasteiger partial charge is 0.195 e. The van der Waals surface area contributed by atoms with Crippen LogP contribution in [0.5, 0.6) is 0 Å². The van der Waals surface area contributed by atoms with Crippen LogP contribution < -0.4 is 0 Å². The first-order valence-corrected chi connectivity index (χ1v) is 9.22. The molecule has 0 aliphatic heterocycles. The van der Waals surface area contributed by atoms with E-state index in [1.165, 1.54) is 16.3 Å². The quantitative estimate of drug-likeness (QED) is 0.463. The molecule has 0 unspecified atom stereocenters. The van der Waals surface area contributed by atoms with Gasteiger partial charge in [-0.2, -0.15) is 0 Å². The summed E-state index contributed by atoms with van der Waals surface area (Å²) in [6, 6.07) is 24.9. The third kappa shape index (κ3) is 4.82. The van der Waals surface area contributed by atoms with Gasteiger partial charge in [0, 0.05) is 18.9 Å². The van der Waals surface area contributed by atoms with Crippen molar-refractivity contribution >= 4 is 22.6 Å². The Balaban J connectivity index is 1.69. The highest BCUT2D eigenvalue weighted by molar-refractivity contribution is 5.94. The molecule has 3 heteroatoms. The van der Waals surface area contributed by atoms with E-state index in [9.17, 15) is 0 Å². The standard InChI is InChI=1S/C24H26N2O/c1-24(2,17-18-9-5-4-6-10-18)23(25)27-22(26-3)16-19-13-14-20-11-7-8-12-21(20)15-19/h4-15,25H,16-17H2,1-3H3. The summed E-state index contributed by atoms with van der Waals surface area (Å²) in [6.07, 6.45) is 1.32. The summed E-state index contributed by atoms with van der Waals surface area (Å²) in [5.74, 6) is 0.809. The molecule has 0 saturated carbocycles. The van der Waals surface area contributed by atoms with E-state index < -0.39 is 5.41 Å². The maximum absolute atomic E-state index is 8.47. The Kier molecular flexibility index (Phi) is 5.70. The molecule has 0 bridgehead atoms. The van der Waals surface area contributed by atoms with E-state index >= 15 is 0 Å². The molecule has 1 N–H and O–H groups in total. The van der Waals surface area contributed by atoms with Gasteiger partial charge in [-0.3, -0.25) is 10.4 Å². The van der Waals surface area contributed by atoms with Gasteiger partial charge in [0.15, 0.2) is 11.8 Å². The number of fused-ring (bicyclic) bond motifs is 1. The molecule has 0 aliphatic rings. The van der Waals surface area contributed by atoms with Crippen LogP contribution >= 0.6 is 0 Å². The van der Waals surface area contributed by atoms with Crippen molar-refractivity contribution in [2.45, 2.75) is 26.7 Å². The summed E-state index contributed by atoms with van der Waals surface area (Å²) in [6.45, 7) is 4.07. The second-order valence-electron chi connectivity index (χ2n) is 7.45. The predicted octanol–water partition coefficient (Wildman–Crippen LogP) is 5.67. The lowest BCUT2D eigenvalue weighted by Gasteiger charge is -2.25. The Bertz CT molecular complexity index is 958. The van der Waals surface area contributed by atoms with Gasteiger partial charge in [0.25, 0.3) is 0 Å². The van der Waals surface area contributed by atoms with Gasteiger partial charge in [-0.1, -0.05) is 86.6 Å². The van der Waals surface area contributed by atoms with Crippen LogP contribution in [0.4, 0.5) is 0 Å². The SMILES string of the molecule is CN=C(Cc1ccc2ccccc2c1)OC(=N)C(C)(C)Cc1ccccc1. The molecule has 0 spiro atoms. The largest absolute Gasteiger partial charge is 0.429 e. The van der Waals surface area contributed by atoms with Gasteiger partial charge in [0.05, 0.1) is 0 Å². The lowest BCUT2D eigenvalue weighted by atomic mass is 9.85. The van der Waals surface area contributed by atoms with E-state index in [1.807, 2.05) is 44.2 Å². The number of rotatable bonds is 5. The van der Waals surface area contributed by atoms with E-state index in [4.69, 9.17) is 10.1 Å². The van der Waals surface area contributed by atoms with Crippen LogP contribution in [-0.2, 0) is 17.6 Å². The van der Waals surface area contributed by atoms with Gasteiger partial charge in [-0.05, 0) is 28.3 Å². The van der Waals surface area contributed by atoms with Crippen LogP contribution in [0, 0.1) is 10.8 Å². The van der Waals surface area contributed by atoms with Crippen molar-refractivity contribution in [3.05, 3.63) is 83.9 Å². The molecule has 0 saturated heterocycles. The second-order valence-corrected chi connectivity index (χ2v) is 7.45. The topological polar surface area (TPSA) is 45.4 Å². The summed E-state index contributed by atoms with van der Waals surface area (Å²) < 4.78 is 5.89. The Morgan fingerprint density at radius 2 is 1.56 bits per heavy atom. The van der Waals surface area contributed by atoms with Crippen molar-refractivity contribution in [3.63, 3.8) is 0 Å². The number of aliphatic imine (C=N–C) groups is 1. The van der Waals surface area contributed by atoms with Gasteiger partial charge >= 0.3 is 0 Å². The molecule has 3 aromatic carbocycles. The first-order chi connectivity index (χ1) is 13.0. The monoisotopic (exact) mass is 358 g/mol. The van der Waals surface area contributed by atoms with Crippen LogP contribution in [0.3, 0.4) is 0 Å². The second kappa shape index (κ2) is 8.17. The molecule has 3 aromatic rings. The molecule has 0 heterocycles. The van der Waals surface area contributed by atoms with Gasteiger partial charge in [0.2, 0.25) is 0 Å². The maximum atomic E-state index is 8.47. The molecule has 27 heavy (non-hydrogen) atoms. The summed E-state index contributed by atoms with van der Waals surface area (Å²) in [5.41, 5.74) is 1.92. The van der Waals surface area contributed by atoms with E-state index in [0.29, 0.717) is 12.3 Å². The Labute approximate surface area is 161 Å². The first kappa shape index (κ1) is 18.8. The average molecular weight is 358 g/mol. The predicted molar refractivity (Wildman–Crippen MR) is 114 cm³/mol. The van der Waals surface area contributed by atoms with Gasteiger partial charge in [0.1, 0.15) is 0 Å². The molecule has 0 aliphatic carbocycles. The number of nitrogens with zero attached hydrogens (tertiary/aromatic N) is 1. The highest BCUT2D eigenvalue weighted by Crippen LogP contribution is 2.24. The average Bonchev–Trinajstić information content (AvgIpc) is 2.67. The molecule has 0 radical (unpaired) electrons. The van der Waals surface area contributed by atoms with Crippen LogP contribution in [-0.4, -0.2) is 18.8 Å². The molecule has 0 atom stereocenters. The molecular formula is C24H26N2O. The van der Waals surface area contributed by atoms with Crippen LogP contribution in [0.15, 0.2) is 77.8 Å². The van der Waals surface area contributed by atoms with Gasteiger partial charge in [-0.15, -0.1) is 0 Å². The van der Waals surface area contributed by atoms with Crippen LogP contribution in [0.25, 0.3) is 10.8 Å². The Hall–Kier alpha value is -2.94. The Morgan fingerprint density at radius 3 is 2.26 bits per heavy atom. The molecule has 0 amide bonds. The highest BCUT2D eigenvalue weighted by atomic mass is 16.5. The number of hydrogen-bond acceptors (Lipinski definition) is 3. The normalized spacial score (nSPS) is 12.2. The van der Waals surface area contributed by atoms with Crippen molar-refractivity contribution in [1.29, 1.82) is 5.41 Å². The summed E-state index contributed by atoms with van der Waals surface area (Å²) in [7, 11) is 1.72. The zero-order valence-corrected chi connectivity index (χ0v) is 16.2. The summed E-state index contributed by atoms with van der Waals surface area (Å²) >= 11 is 0. The minimum atomic E-state index is -0.402.